The topological polar surface area (TPSA) is 59.8 Å². The number of carbonyl (C=O) groups excluding carboxylic acids is 1. The second-order valence-electron chi connectivity index (χ2n) is 10.0. The predicted molar refractivity (Wildman–Crippen MR) is 145 cm³/mol. The molecular weight excluding hydrogens is 479 g/mol. The van der Waals surface area contributed by atoms with Crippen LogP contribution in [0.1, 0.15) is 46.0 Å². The van der Waals surface area contributed by atoms with Crippen molar-refractivity contribution >= 4 is 11.6 Å². The van der Waals surface area contributed by atoms with Crippen molar-refractivity contribution in [2.45, 2.75) is 25.6 Å². The van der Waals surface area contributed by atoms with E-state index in [1.165, 1.54) is 30.7 Å². The van der Waals surface area contributed by atoms with Crippen LogP contribution in [0.25, 0.3) is 0 Å². The predicted octanol–water partition coefficient (Wildman–Crippen LogP) is 5.01. The normalized spacial score (nSPS) is 16.8. The van der Waals surface area contributed by atoms with E-state index in [9.17, 15) is 9.18 Å². The molecule has 0 N–H and O–H groups in total. The highest BCUT2D eigenvalue weighted by molar-refractivity contribution is 5.94. The largest absolute Gasteiger partial charge is 0.372 e. The van der Waals surface area contributed by atoms with Gasteiger partial charge >= 0.3 is 0 Å². The summed E-state index contributed by atoms with van der Waals surface area (Å²) >= 11 is 0. The van der Waals surface area contributed by atoms with Crippen LogP contribution in [-0.2, 0) is 11.3 Å². The lowest BCUT2D eigenvalue weighted by atomic mass is 10.1. The number of nitriles is 1. The molecule has 3 aromatic rings. The van der Waals surface area contributed by atoms with Crippen LogP contribution in [0.2, 0.25) is 0 Å². The molecule has 0 spiro atoms. The van der Waals surface area contributed by atoms with Crippen molar-refractivity contribution in [3.8, 4) is 6.07 Å². The van der Waals surface area contributed by atoms with Gasteiger partial charge in [0.25, 0.3) is 5.91 Å². The average Bonchev–Trinajstić information content (AvgIpc) is 3.51. The van der Waals surface area contributed by atoms with Gasteiger partial charge in [-0.25, -0.2) is 4.39 Å². The number of ether oxygens (including phenoxy) is 1. The lowest BCUT2D eigenvalue weighted by molar-refractivity contribution is 0.00343. The molecule has 6 nitrogen and oxygen atoms in total. The molecule has 0 aromatic heterocycles. The zero-order chi connectivity index (χ0) is 26.3. The Balaban J connectivity index is 1.26. The minimum atomic E-state index is -0.395. The maximum atomic E-state index is 13.6. The summed E-state index contributed by atoms with van der Waals surface area (Å²) < 4.78 is 20.1. The summed E-state index contributed by atoms with van der Waals surface area (Å²) in [5.41, 5.74) is 4.42. The quantitative estimate of drug-likeness (QED) is 0.425. The first kappa shape index (κ1) is 25.9. The summed E-state index contributed by atoms with van der Waals surface area (Å²) in [5, 5.41) is 9.09. The fourth-order valence-corrected chi connectivity index (χ4v) is 5.20. The van der Waals surface area contributed by atoms with Crippen molar-refractivity contribution in [3.05, 3.63) is 101 Å². The van der Waals surface area contributed by atoms with Crippen LogP contribution in [0.3, 0.4) is 0 Å². The SMILES string of the molecule is N#Cc1ccc(COC(CN2CCN(C(=O)c3cccc(F)c3)CC2)c2cccc(N3CCCC3)c2)cc1. The van der Waals surface area contributed by atoms with Gasteiger partial charge in [0.2, 0.25) is 0 Å². The molecular formula is C31H33FN4O2. The van der Waals surface area contributed by atoms with E-state index in [-0.39, 0.29) is 12.0 Å². The minimum Gasteiger partial charge on any atom is -0.372 e. The lowest BCUT2D eigenvalue weighted by Crippen LogP contribution is -2.49. The van der Waals surface area contributed by atoms with Crippen LogP contribution in [-0.4, -0.2) is 61.5 Å². The monoisotopic (exact) mass is 512 g/mol. The van der Waals surface area contributed by atoms with E-state index in [0.29, 0.717) is 37.4 Å². The minimum absolute atomic E-state index is 0.129. The summed E-state index contributed by atoms with van der Waals surface area (Å²) in [6.45, 7) is 5.96. The molecule has 2 aliphatic rings. The van der Waals surface area contributed by atoms with E-state index in [1.54, 1.807) is 17.0 Å². The maximum absolute atomic E-state index is 13.6. The Kier molecular flexibility index (Phi) is 8.32. The number of amides is 1. The Hall–Kier alpha value is -3.73. The summed E-state index contributed by atoms with van der Waals surface area (Å²) in [6, 6.07) is 24.2. The van der Waals surface area contributed by atoms with Crippen molar-refractivity contribution in [1.82, 2.24) is 9.80 Å². The Labute approximate surface area is 223 Å². The fraction of sp³-hybridized carbons (Fsp3) is 0.355. The van der Waals surface area contributed by atoms with Crippen molar-refractivity contribution in [2.24, 2.45) is 0 Å². The Morgan fingerprint density at radius 1 is 0.921 bits per heavy atom. The average molecular weight is 513 g/mol. The summed E-state index contributed by atoms with van der Waals surface area (Å²) in [5.74, 6) is -0.524. The van der Waals surface area contributed by atoms with E-state index in [1.807, 2.05) is 24.3 Å². The van der Waals surface area contributed by atoms with Crippen LogP contribution in [0.4, 0.5) is 10.1 Å². The third kappa shape index (κ3) is 6.39. The van der Waals surface area contributed by atoms with Crippen LogP contribution < -0.4 is 4.90 Å². The molecule has 1 amide bonds. The van der Waals surface area contributed by atoms with Gasteiger partial charge in [-0.15, -0.1) is 0 Å². The number of hydrogen-bond donors (Lipinski definition) is 0. The number of nitrogens with zero attached hydrogens (tertiary/aromatic N) is 4. The first-order chi connectivity index (χ1) is 18.6. The molecule has 2 aliphatic heterocycles. The number of halogens is 1. The third-order valence-electron chi connectivity index (χ3n) is 7.40. The van der Waals surface area contributed by atoms with Crippen LogP contribution in [0.5, 0.6) is 0 Å². The number of rotatable bonds is 8. The van der Waals surface area contributed by atoms with Gasteiger partial charge in [0.1, 0.15) is 5.82 Å². The highest BCUT2D eigenvalue weighted by Crippen LogP contribution is 2.28. The number of carbonyl (C=O) groups is 1. The van der Waals surface area contributed by atoms with E-state index in [4.69, 9.17) is 10.00 Å². The van der Waals surface area contributed by atoms with Crippen LogP contribution >= 0.6 is 0 Å². The molecule has 0 bridgehead atoms. The van der Waals surface area contributed by atoms with E-state index in [0.717, 1.165) is 37.3 Å². The number of anilines is 1. The number of piperazine rings is 1. The molecule has 1 unspecified atom stereocenters. The Morgan fingerprint density at radius 3 is 2.37 bits per heavy atom. The van der Waals surface area contributed by atoms with Crippen molar-refractivity contribution in [1.29, 1.82) is 5.26 Å². The standard InChI is InChI=1S/C31H33FN4O2/c32-28-7-3-6-27(19-28)31(37)36-17-15-34(16-18-36)22-30(38-23-25-11-9-24(21-33)10-12-25)26-5-4-8-29(20-26)35-13-1-2-14-35/h3-12,19-20,30H,1-2,13-18,22-23H2. The summed E-state index contributed by atoms with van der Waals surface area (Å²) in [7, 11) is 0. The molecule has 5 rings (SSSR count). The van der Waals surface area contributed by atoms with Crippen molar-refractivity contribution in [2.75, 3.05) is 50.7 Å². The summed E-state index contributed by atoms with van der Waals surface area (Å²) in [4.78, 5) is 19.4. The van der Waals surface area contributed by atoms with Gasteiger partial charge in [-0.1, -0.05) is 30.3 Å². The number of hydrogen-bond acceptors (Lipinski definition) is 5. The van der Waals surface area contributed by atoms with Gasteiger partial charge in [-0.05, 0) is 66.4 Å². The molecule has 196 valence electrons. The van der Waals surface area contributed by atoms with Crippen molar-refractivity contribution < 1.29 is 13.9 Å². The summed E-state index contributed by atoms with van der Waals surface area (Å²) in [6.07, 6.45) is 2.31. The smallest absolute Gasteiger partial charge is 0.254 e. The van der Waals surface area contributed by atoms with Gasteiger partial charge in [-0.2, -0.15) is 5.26 Å². The Morgan fingerprint density at radius 2 is 1.66 bits per heavy atom. The van der Waals surface area contributed by atoms with Gasteiger partial charge in [0, 0.05) is 57.1 Å². The molecule has 0 radical (unpaired) electrons. The van der Waals surface area contributed by atoms with Crippen LogP contribution in [0, 0.1) is 17.1 Å². The Bertz CT molecular complexity index is 1280. The van der Waals surface area contributed by atoms with Crippen molar-refractivity contribution in [3.63, 3.8) is 0 Å². The second kappa shape index (κ2) is 12.2. The fourth-order valence-electron chi connectivity index (χ4n) is 5.20. The first-order valence-corrected chi connectivity index (χ1v) is 13.3. The molecule has 7 heteroatoms. The lowest BCUT2D eigenvalue weighted by Gasteiger charge is -2.36. The van der Waals surface area contributed by atoms with Gasteiger partial charge in [0.15, 0.2) is 0 Å². The molecule has 0 saturated carbocycles. The number of benzene rings is 3. The maximum Gasteiger partial charge on any atom is 0.254 e. The first-order valence-electron chi connectivity index (χ1n) is 13.3. The highest BCUT2D eigenvalue weighted by Gasteiger charge is 2.25. The molecule has 38 heavy (non-hydrogen) atoms. The van der Waals surface area contributed by atoms with Gasteiger partial charge < -0.3 is 14.5 Å². The van der Waals surface area contributed by atoms with Gasteiger partial charge in [0.05, 0.1) is 24.3 Å². The zero-order valence-corrected chi connectivity index (χ0v) is 21.6. The molecule has 2 fully saturated rings. The van der Waals surface area contributed by atoms with E-state index in [2.05, 4.69) is 40.1 Å². The molecule has 3 aromatic carbocycles. The third-order valence-corrected chi connectivity index (χ3v) is 7.40. The molecule has 2 saturated heterocycles. The molecule has 0 aliphatic carbocycles. The highest BCUT2D eigenvalue weighted by atomic mass is 19.1. The second-order valence-corrected chi connectivity index (χ2v) is 10.0. The van der Waals surface area contributed by atoms with Gasteiger partial charge in [-0.3, -0.25) is 9.69 Å². The van der Waals surface area contributed by atoms with E-state index < -0.39 is 5.82 Å². The van der Waals surface area contributed by atoms with Crippen LogP contribution in [0.15, 0.2) is 72.8 Å². The molecule has 2 heterocycles. The molecule has 1 atom stereocenters. The van der Waals surface area contributed by atoms with E-state index >= 15 is 0 Å². The zero-order valence-electron chi connectivity index (χ0n) is 21.6.